The molecule has 0 aliphatic carbocycles. The lowest BCUT2D eigenvalue weighted by Gasteiger charge is -2.41. The lowest BCUT2D eigenvalue weighted by molar-refractivity contribution is -0.152. The Morgan fingerprint density at radius 1 is 1.33 bits per heavy atom. The van der Waals surface area contributed by atoms with Crippen molar-refractivity contribution >= 4 is 23.2 Å². The second kappa shape index (κ2) is 6.60. The fraction of sp³-hybridized carbons (Fsp3) is 0.625. The summed E-state index contributed by atoms with van der Waals surface area (Å²) < 4.78 is 0. The summed E-state index contributed by atoms with van der Waals surface area (Å²) in [5, 5.41) is 7.05. The molecule has 116 valence electrons. The summed E-state index contributed by atoms with van der Waals surface area (Å²) in [5.74, 6) is 0.146. The molecule has 1 aliphatic heterocycles. The Morgan fingerprint density at radius 2 is 2.05 bits per heavy atom. The largest absolute Gasteiger partial charge is 0.342 e. The Labute approximate surface area is 130 Å². The van der Waals surface area contributed by atoms with Gasteiger partial charge in [-0.25, -0.2) is 0 Å². The van der Waals surface area contributed by atoms with Crippen molar-refractivity contribution < 1.29 is 9.59 Å². The predicted octanol–water partition coefficient (Wildman–Crippen LogP) is 2.71. The minimum absolute atomic E-state index is 0.0177. The van der Waals surface area contributed by atoms with E-state index in [1.165, 1.54) is 5.56 Å². The molecule has 0 radical (unpaired) electrons. The molecule has 2 amide bonds. The Bertz CT molecular complexity index is 524. The zero-order chi connectivity index (χ0) is 15.6. The summed E-state index contributed by atoms with van der Waals surface area (Å²) in [7, 11) is 0. The number of piperazine rings is 1. The number of carbonyl (C=O) groups excluding carboxylic acids is 2. The summed E-state index contributed by atoms with van der Waals surface area (Å²) in [4.78, 5) is 26.9. The summed E-state index contributed by atoms with van der Waals surface area (Å²) in [6, 6.07) is -0.735. The van der Waals surface area contributed by atoms with Crippen LogP contribution in [0.5, 0.6) is 0 Å². The van der Waals surface area contributed by atoms with Gasteiger partial charge in [0.15, 0.2) is 0 Å². The molecule has 0 aromatic carbocycles. The second-order valence-corrected chi connectivity index (χ2v) is 6.83. The van der Waals surface area contributed by atoms with E-state index in [1.807, 2.05) is 27.7 Å². The number of nitrogens with zero attached hydrogens (tertiary/aromatic N) is 1. The smallest absolute Gasteiger partial charge is 0.246 e. The van der Waals surface area contributed by atoms with Crippen molar-refractivity contribution in [2.24, 2.45) is 5.92 Å². The van der Waals surface area contributed by atoms with Crippen LogP contribution in [0.1, 0.15) is 44.7 Å². The van der Waals surface area contributed by atoms with Crippen LogP contribution in [0.2, 0.25) is 0 Å². The van der Waals surface area contributed by atoms with Gasteiger partial charge < -0.3 is 10.2 Å². The number of amides is 2. The highest BCUT2D eigenvalue weighted by Crippen LogP contribution is 2.24. The number of hydrogen-bond donors (Lipinski definition) is 1. The molecule has 2 rings (SSSR count). The molecule has 0 saturated carbocycles. The highest BCUT2D eigenvalue weighted by molar-refractivity contribution is 7.08. The molecular weight excluding hydrogens is 284 g/mol. The van der Waals surface area contributed by atoms with E-state index in [2.05, 4.69) is 16.1 Å². The molecule has 1 aromatic rings. The third-order valence-electron chi connectivity index (χ3n) is 4.01. The molecule has 1 aliphatic rings. The molecule has 5 heteroatoms. The minimum atomic E-state index is -0.370. The van der Waals surface area contributed by atoms with E-state index in [0.29, 0.717) is 13.0 Å². The Hall–Kier alpha value is -1.36. The summed E-state index contributed by atoms with van der Waals surface area (Å²) in [6.07, 6.45) is 1.59. The predicted molar refractivity (Wildman–Crippen MR) is 85.1 cm³/mol. The number of nitrogens with one attached hydrogen (secondary N) is 1. The molecule has 1 N–H and O–H groups in total. The zero-order valence-electron chi connectivity index (χ0n) is 13.2. The highest BCUT2D eigenvalue weighted by atomic mass is 32.1. The average Bonchev–Trinajstić information content (AvgIpc) is 2.80. The second-order valence-electron chi connectivity index (χ2n) is 6.08. The molecule has 1 aromatic heterocycles. The quantitative estimate of drug-likeness (QED) is 0.909. The molecule has 2 unspecified atom stereocenters. The molecule has 1 saturated heterocycles. The summed E-state index contributed by atoms with van der Waals surface area (Å²) in [6.45, 7) is 8.59. The van der Waals surface area contributed by atoms with Crippen LogP contribution in [-0.2, 0) is 16.1 Å². The van der Waals surface area contributed by atoms with Crippen LogP contribution in [0.15, 0.2) is 10.8 Å². The summed E-state index contributed by atoms with van der Waals surface area (Å²) in [5.41, 5.74) is 2.33. The number of thiophene rings is 1. The van der Waals surface area contributed by atoms with Gasteiger partial charge in [0.25, 0.3) is 0 Å². The first-order valence-corrected chi connectivity index (χ1v) is 8.52. The van der Waals surface area contributed by atoms with Crippen LogP contribution in [0, 0.1) is 12.8 Å². The van der Waals surface area contributed by atoms with E-state index in [4.69, 9.17) is 0 Å². The van der Waals surface area contributed by atoms with E-state index >= 15 is 0 Å². The van der Waals surface area contributed by atoms with Gasteiger partial charge in [0.1, 0.15) is 12.1 Å². The number of carbonyl (C=O) groups is 2. The average molecular weight is 308 g/mol. The maximum absolute atomic E-state index is 12.7. The monoisotopic (exact) mass is 308 g/mol. The number of hydrogen-bond acceptors (Lipinski definition) is 3. The SMILES string of the molecule is CCCC1NC(=O)C(C(C)C)N(Cc2cscc2C)C1=O. The topological polar surface area (TPSA) is 49.4 Å². The van der Waals surface area contributed by atoms with Crippen LogP contribution in [0.3, 0.4) is 0 Å². The Morgan fingerprint density at radius 3 is 2.57 bits per heavy atom. The van der Waals surface area contributed by atoms with Crippen molar-refractivity contribution in [2.45, 2.75) is 59.2 Å². The van der Waals surface area contributed by atoms with Crippen molar-refractivity contribution in [1.82, 2.24) is 10.2 Å². The fourth-order valence-corrected chi connectivity index (χ4v) is 3.70. The first-order valence-electron chi connectivity index (χ1n) is 7.58. The van der Waals surface area contributed by atoms with Gasteiger partial charge in [0, 0.05) is 6.54 Å². The van der Waals surface area contributed by atoms with Gasteiger partial charge in [-0.3, -0.25) is 9.59 Å². The standard InChI is InChI=1S/C16H24N2O2S/c1-5-6-13-16(20)18(7-12-9-21-8-11(12)4)14(10(2)3)15(19)17-13/h8-10,13-14H,5-7H2,1-4H3,(H,17,19). The van der Waals surface area contributed by atoms with E-state index in [0.717, 1.165) is 12.0 Å². The summed E-state index contributed by atoms with van der Waals surface area (Å²) >= 11 is 1.64. The van der Waals surface area contributed by atoms with Crippen molar-refractivity contribution in [1.29, 1.82) is 0 Å². The fourth-order valence-electron chi connectivity index (χ4n) is 2.85. The molecule has 0 spiro atoms. The van der Waals surface area contributed by atoms with Crippen LogP contribution >= 0.6 is 11.3 Å². The van der Waals surface area contributed by atoms with E-state index < -0.39 is 0 Å². The Balaban J connectivity index is 2.27. The number of rotatable bonds is 5. The third-order valence-corrected chi connectivity index (χ3v) is 4.92. The maximum atomic E-state index is 12.7. The molecule has 0 bridgehead atoms. The first kappa shape index (κ1) is 16.0. The van der Waals surface area contributed by atoms with Crippen LogP contribution in [0.4, 0.5) is 0 Å². The third kappa shape index (κ3) is 3.28. The van der Waals surface area contributed by atoms with Crippen molar-refractivity contribution in [3.05, 3.63) is 21.9 Å². The van der Waals surface area contributed by atoms with Gasteiger partial charge in [0.05, 0.1) is 0 Å². The lowest BCUT2D eigenvalue weighted by Crippen LogP contribution is -2.64. The first-order chi connectivity index (χ1) is 9.95. The van der Waals surface area contributed by atoms with Crippen molar-refractivity contribution in [2.75, 3.05) is 0 Å². The molecule has 2 heterocycles. The van der Waals surface area contributed by atoms with Crippen LogP contribution in [-0.4, -0.2) is 28.8 Å². The zero-order valence-corrected chi connectivity index (χ0v) is 14.0. The van der Waals surface area contributed by atoms with Gasteiger partial charge in [0.2, 0.25) is 11.8 Å². The van der Waals surface area contributed by atoms with Crippen molar-refractivity contribution in [3.63, 3.8) is 0 Å². The lowest BCUT2D eigenvalue weighted by atomic mass is 9.95. The molecule has 21 heavy (non-hydrogen) atoms. The van der Waals surface area contributed by atoms with E-state index in [9.17, 15) is 9.59 Å². The van der Waals surface area contributed by atoms with E-state index in [-0.39, 0.29) is 29.8 Å². The maximum Gasteiger partial charge on any atom is 0.246 e. The van der Waals surface area contributed by atoms with Gasteiger partial charge in [-0.1, -0.05) is 27.2 Å². The molecule has 1 fully saturated rings. The van der Waals surface area contributed by atoms with Gasteiger partial charge in [-0.15, -0.1) is 0 Å². The molecular formula is C16H24N2O2S. The Kier molecular flexibility index (Phi) is 5.04. The number of aryl methyl sites for hydroxylation is 1. The van der Waals surface area contributed by atoms with Gasteiger partial charge >= 0.3 is 0 Å². The van der Waals surface area contributed by atoms with Crippen LogP contribution < -0.4 is 5.32 Å². The molecule has 4 nitrogen and oxygen atoms in total. The van der Waals surface area contributed by atoms with Crippen LogP contribution in [0.25, 0.3) is 0 Å². The van der Waals surface area contributed by atoms with Gasteiger partial charge in [-0.05, 0) is 41.1 Å². The minimum Gasteiger partial charge on any atom is -0.342 e. The van der Waals surface area contributed by atoms with Gasteiger partial charge in [-0.2, -0.15) is 11.3 Å². The van der Waals surface area contributed by atoms with E-state index in [1.54, 1.807) is 16.2 Å². The molecule has 2 atom stereocenters. The highest BCUT2D eigenvalue weighted by Gasteiger charge is 2.41. The normalized spacial score (nSPS) is 22.8. The van der Waals surface area contributed by atoms with Crippen molar-refractivity contribution in [3.8, 4) is 0 Å².